The number of fused-ring (bicyclic) bond motifs is 1. The Bertz CT molecular complexity index is 681. The summed E-state index contributed by atoms with van der Waals surface area (Å²) < 4.78 is 4.73. The van der Waals surface area contributed by atoms with Crippen molar-refractivity contribution in [3.63, 3.8) is 0 Å². The second kappa shape index (κ2) is 5.48. The van der Waals surface area contributed by atoms with Gasteiger partial charge in [-0.1, -0.05) is 18.2 Å². The van der Waals surface area contributed by atoms with Crippen LogP contribution in [0, 0.1) is 0 Å². The molecule has 0 fully saturated rings. The van der Waals surface area contributed by atoms with Gasteiger partial charge in [-0.3, -0.25) is 0 Å². The zero-order chi connectivity index (χ0) is 14.8. The summed E-state index contributed by atoms with van der Waals surface area (Å²) in [6.45, 7) is 0. The fourth-order valence-corrected chi connectivity index (χ4v) is 2.84. The lowest BCUT2D eigenvalue weighted by Gasteiger charge is -2.16. The number of ether oxygens (including phenoxy) is 1. The summed E-state index contributed by atoms with van der Waals surface area (Å²) >= 11 is 0. The van der Waals surface area contributed by atoms with Crippen LogP contribution in [-0.4, -0.2) is 18.2 Å². The van der Waals surface area contributed by atoms with Gasteiger partial charge in [0.1, 0.15) is 5.75 Å². The topological polar surface area (TPSA) is 58.6 Å². The lowest BCUT2D eigenvalue weighted by Crippen LogP contribution is -2.08. The molecule has 0 bridgehead atoms. The normalized spacial score (nSPS) is 16.3. The lowest BCUT2D eigenvalue weighted by molar-refractivity contribution is 0.0601. The van der Waals surface area contributed by atoms with E-state index in [1.807, 2.05) is 24.3 Å². The highest BCUT2D eigenvalue weighted by molar-refractivity contribution is 5.90. The van der Waals surface area contributed by atoms with Crippen LogP contribution in [-0.2, 0) is 11.2 Å². The third-order valence-electron chi connectivity index (χ3n) is 3.87. The molecule has 0 aliphatic heterocycles. The van der Waals surface area contributed by atoms with E-state index < -0.39 is 0 Å². The predicted molar refractivity (Wildman–Crippen MR) is 80.6 cm³/mol. The van der Waals surface area contributed by atoms with E-state index in [1.165, 1.54) is 7.11 Å². The fraction of sp³-hybridized carbons (Fsp3) is 0.235. The van der Waals surface area contributed by atoms with Gasteiger partial charge in [0, 0.05) is 5.69 Å². The number of carbonyl (C=O) groups is 1. The zero-order valence-electron chi connectivity index (χ0n) is 11.8. The molecule has 0 spiro atoms. The first-order valence-electron chi connectivity index (χ1n) is 6.94. The van der Waals surface area contributed by atoms with Gasteiger partial charge in [-0.25, -0.2) is 4.79 Å². The van der Waals surface area contributed by atoms with Crippen LogP contribution in [0.5, 0.6) is 5.75 Å². The highest BCUT2D eigenvalue weighted by Crippen LogP contribution is 2.38. The van der Waals surface area contributed by atoms with Crippen molar-refractivity contribution in [1.82, 2.24) is 0 Å². The molecule has 3 rings (SSSR count). The summed E-state index contributed by atoms with van der Waals surface area (Å²) in [5, 5.41) is 13.3. The maximum atomic E-state index is 11.6. The number of methoxy groups -OCH3 is 1. The Kier molecular flexibility index (Phi) is 3.52. The summed E-state index contributed by atoms with van der Waals surface area (Å²) in [6.07, 6.45) is 1.78. The third-order valence-corrected chi connectivity index (χ3v) is 3.87. The molecular weight excluding hydrogens is 266 g/mol. The Morgan fingerprint density at radius 1 is 1.29 bits per heavy atom. The van der Waals surface area contributed by atoms with E-state index in [0.717, 1.165) is 29.7 Å². The van der Waals surface area contributed by atoms with Gasteiger partial charge in [0.05, 0.1) is 18.7 Å². The van der Waals surface area contributed by atoms with E-state index in [2.05, 4.69) is 5.32 Å². The van der Waals surface area contributed by atoms with Crippen LogP contribution in [0.15, 0.2) is 42.5 Å². The molecule has 0 saturated carbocycles. The second-order valence-electron chi connectivity index (χ2n) is 5.15. The van der Waals surface area contributed by atoms with E-state index in [-0.39, 0.29) is 12.0 Å². The van der Waals surface area contributed by atoms with Crippen molar-refractivity contribution in [3.05, 3.63) is 59.2 Å². The molecule has 0 radical (unpaired) electrons. The molecule has 1 aliphatic carbocycles. The predicted octanol–water partition coefficient (Wildman–Crippen LogP) is 3.28. The first kappa shape index (κ1) is 13.5. The van der Waals surface area contributed by atoms with Crippen LogP contribution in [0.25, 0.3) is 0 Å². The van der Waals surface area contributed by atoms with Gasteiger partial charge in [-0.2, -0.15) is 0 Å². The largest absolute Gasteiger partial charge is 0.508 e. The minimum atomic E-state index is -0.344. The van der Waals surface area contributed by atoms with E-state index in [1.54, 1.807) is 18.2 Å². The van der Waals surface area contributed by atoms with Crippen molar-refractivity contribution in [1.29, 1.82) is 0 Å². The average molecular weight is 283 g/mol. The monoisotopic (exact) mass is 283 g/mol. The maximum absolute atomic E-state index is 11.6. The molecule has 2 N–H and O–H groups in total. The summed E-state index contributed by atoms with van der Waals surface area (Å²) in [7, 11) is 1.37. The molecule has 0 aromatic heterocycles. The smallest absolute Gasteiger partial charge is 0.337 e. The summed E-state index contributed by atoms with van der Waals surface area (Å²) in [4.78, 5) is 11.6. The number of rotatable bonds is 3. The zero-order valence-corrected chi connectivity index (χ0v) is 11.8. The Balaban J connectivity index is 1.83. The third kappa shape index (κ3) is 2.57. The average Bonchev–Trinajstić information content (AvgIpc) is 2.91. The van der Waals surface area contributed by atoms with E-state index in [0.29, 0.717) is 11.3 Å². The maximum Gasteiger partial charge on any atom is 0.337 e. The summed E-state index contributed by atoms with van der Waals surface area (Å²) in [6, 6.07) is 13.0. The molecular formula is C17H17NO3. The van der Waals surface area contributed by atoms with E-state index >= 15 is 0 Å². The molecule has 0 amide bonds. The number of anilines is 1. The molecule has 21 heavy (non-hydrogen) atoms. The Hall–Kier alpha value is -2.49. The van der Waals surface area contributed by atoms with E-state index in [4.69, 9.17) is 4.74 Å². The summed E-state index contributed by atoms with van der Waals surface area (Å²) in [5.74, 6) is 0.0169. The minimum Gasteiger partial charge on any atom is -0.508 e. The number of aromatic hydroxyl groups is 1. The van der Waals surface area contributed by atoms with Gasteiger partial charge in [0.25, 0.3) is 0 Å². The second-order valence-corrected chi connectivity index (χ2v) is 5.15. The SMILES string of the molecule is COC(=O)c1cccc(NC2CCc3c(O)cccc32)c1. The fourth-order valence-electron chi connectivity index (χ4n) is 2.84. The molecule has 1 unspecified atom stereocenters. The van der Waals surface area contributed by atoms with Crippen LogP contribution >= 0.6 is 0 Å². The number of phenolic OH excluding ortho intramolecular Hbond substituents is 1. The van der Waals surface area contributed by atoms with Crippen molar-refractivity contribution in [3.8, 4) is 5.75 Å². The first-order valence-corrected chi connectivity index (χ1v) is 6.94. The number of esters is 1. The van der Waals surface area contributed by atoms with Gasteiger partial charge < -0.3 is 15.2 Å². The lowest BCUT2D eigenvalue weighted by atomic mass is 10.1. The van der Waals surface area contributed by atoms with Gasteiger partial charge in [-0.05, 0) is 48.2 Å². The van der Waals surface area contributed by atoms with Crippen molar-refractivity contribution < 1.29 is 14.6 Å². The molecule has 2 aromatic carbocycles. The molecule has 0 saturated heterocycles. The highest BCUT2D eigenvalue weighted by atomic mass is 16.5. The highest BCUT2D eigenvalue weighted by Gasteiger charge is 2.24. The van der Waals surface area contributed by atoms with Gasteiger partial charge in [-0.15, -0.1) is 0 Å². The van der Waals surface area contributed by atoms with Crippen LogP contribution in [0.2, 0.25) is 0 Å². The number of hydrogen-bond acceptors (Lipinski definition) is 4. The number of carbonyl (C=O) groups excluding carboxylic acids is 1. The van der Waals surface area contributed by atoms with Crippen LogP contribution in [0.4, 0.5) is 5.69 Å². The molecule has 4 nitrogen and oxygen atoms in total. The van der Waals surface area contributed by atoms with Crippen molar-refractivity contribution in [2.24, 2.45) is 0 Å². The van der Waals surface area contributed by atoms with Gasteiger partial charge >= 0.3 is 5.97 Å². The quantitative estimate of drug-likeness (QED) is 0.849. The van der Waals surface area contributed by atoms with Crippen molar-refractivity contribution >= 4 is 11.7 Å². The van der Waals surface area contributed by atoms with Crippen LogP contribution in [0.1, 0.15) is 33.9 Å². The van der Waals surface area contributed by atoms with Crippen molar-refractivity contribution in [2.45, 2.75) is 18.9 Å². The molecule has 0 heterocycles. The van der Waals surface area contributed by atoms with Crippen molar-refractivity contribution in [2.75, 3.05) is 12.4 Å². The standard InChI is InChI=1S/C17H17NO3/c1-21-17(20)11-4-2-5-12(10-11)18-15-9-8-14-13(15)6-3-7-16(14)19/h2-7,10,15,18-19H,8-9H2,1H3. The van der Waals surface area contributed by atoms with Crippen LogP contribution in [0.3, 0.4) is 0 Å². The number of hydrogen-bond donors (Lipinski definition) is 2. The van der Waals surface area contributed by atoms with Gasteiger partial charge in [0.15, 0.2) is 0 Å². The molecule has 4 heteroatoms. The minimum absolute atomic E-state index is 0.153. The van der Waals surface area contributed by atoms with Crippen LogP contribution < -0.4 is 5.32 Å². The number of phenols is 1. The van der Waals surface area contributed by atoms with Gasteiger partial charge in [0.2, 0.25) is 0 Å². The molecule has 108 valence electrons. The Morgan fingerprint density at radius 2 is 2.10 bits per heavy atom. The number of benzene rings is 2. The molecule has 1 atom stereocenters. The summed E-state index contributed by atoms with van der Waals surface area (Å²) in [5.41, 5.74) is 3.54. The Labute approximate surface area is 123 Å². The van der Waals surface area contributed by atoms with E-state index in [9.17, 15) is 9.90 Å². The molecule has 2 aromatic rings. The molecule has 1 aliphatic rings. The Morgan fingerprint density at radius 3 is 2.90 bits per heavy atom. The number of nitrogens with one attached hydrogen (secondary N) is 1. The first-order chi connectivity index (χ1) is 10.2.